The Morgan fingerprint density at radius 1 is 1.00 bits per heavy atom. The van der Waals surface area contributed by atoms with Crippen LogP contribution in [0.25, 0.3) is 0 Å². The van der Waals surface area contributed by atoms with Gasteiger partial charge in [0.1, 0.15) is 0 Å². The van der Waals surface area contributed by atoms with Crippen LogP contribution in [0.2, 0.25) is 10.0 Å². The minimum Gasteiger partial charge on any atom is -0.207 e. The van der Waals surface area contributed by atoms with Gasteiger partial charge >= 0.3 is 0 Å². The van der Waals surface area contributed by atoms with E-state index in [0.29, 0.717) is 15.6 Å². The van der Waals surface area contributed by atoms with Crippen molar-refractivity contribution in [1.29, 1.82) is 0 Å². The zero-order valence-electron chi connectivity index (χ0n) is 11.7. The zero-order chi connectivity index (χ0) is 15.6. The summed E-state index contributed by atoms with van der Waals surface area (Å²) in [4.78, 5) is 0.249. The van der Waals surface area contributed by atoms with Gasteiger partial charge in [0.05, 0.1) is 4.90 Å². The third kappa shape index (κ3) is 3.58. The monoisotopic (exact) mass is 343 g/mol. The number of sulfonamides is 1. The van der Waals surface area contributed by atoms with Crippen molar-refractivity contribution < 1.29 is 8.42 Å². The van der Waals surface area contributed by atoms with Crippen molar-refractivity contribution in [2.24, 2.45) is 0 Å². The summed E-state index contributed by atoms with van der Waals surface area (Å²) in [6, 6.07) is 11.8. The molecule has 0 aliphatic rings. The van der Waals surface area contributed by atoms with Crippen molar-refractivity contribution in [2.45, 2.75) is 18.4 Å². The molecule has 6 heteroatoms. The van der Waals surface area contributed by atoms with Gasteiger partial charge in [0, 0.05) is 29.2 Å². The molecule has 0 amide bonds. The van der Waals surface area contributed by atoms with Crippen LogP contribution in [0.4, 0.5) is 0 Å². The van der Waals surface area contributed by atoms with E-state index in [9.17, 15) is 8.42 Å². The maximum Gasteiger partial charge on any atom is 0.243 e. The van der Waals surface area contributed by atoms with Gasteiger partial charge in [-0.1, -0.05) is 47.0 Å². The first-order valence-corrected chi connectivity index (χ1v) is 8.48. The van der Waals surface area contributed by atoms with Gasteiger partial charge in [0.2, 0.25) is 10.0 Å². The van der Waals surface area contributed by atoms with Crippen molar-refractivity contribution in [3.8, 4) is 0 Å². The lowest BCUT2D eigenvalue weighted by Gasteiger charge is -2.18. The molecule has 3 nitrogen and oxygen atoms in total. The second-order valence-electron chi connectivity index (χ2n) is 4.77. The summed E-state index contributed by atoms with van der Waals surface area (Å²) in [6.45, 7) is 2.03. The van der Waals surface area contributed by atoms with Crippen LogP contribution in [0.5, 0.6) is 0 Å². The van der Waals surface area contributed by atoms with Gasteiger partial charge in [0.25, 0.3) is 0 Å². The van der Waals surface area contributed by atoms with E-state index in [1.807, 2.05) is 6.92 Å². The van der Waals surface area contributed by atoms with E-state index in [1.165, 1.54) is 11.4 Å². The molecule has 0 unspecified atom stereocenters. The molecular formula is C15H15Cl2NO2S. The maximum atomic E-state index is 12.5. The summed E-state index contributed by atoms with van der Waals surface area (Å²) in [7, 11) is -2.06. The predicted molar refractivity (Wildman–Crippen MR) is 86.3 cm³/mol. The highest BCUT2D eigenvalue weighted by molar-refractivity contribution is 7.89. The molecule has 21 heavy (non-hydrogen) atoms. The summed E-state index contributed by atoms with van der Waals surface area (Å²) < 4.78 is 26.3. The van der Waals surface area contributed by atoms with Gasteiger partial charge in [0.15, 0.2) is 0 Å². The molecule has 0 aliphatic heterocycles. The molecule has 0 radical (unpaired) electrons. The van der Waals surface area contributed by atoms with Gasteiger partial charge in [-0.2, -0.15) is 4.31 Å². The van der Waals surface area contributed by atoms with Crippen LogP contribution in [0, 0.1) is 6.92 Å². The van der Waals surface area contributed by atoms with Gasteiger partial charge in [-0.15, -0.1) is 0 Å². The standard InChI is InChI=1S/C15H15Cl2NO2S/c1-11-6-8-12(9-7-11)21(19,20)18(2)10-13-14(16)4-3-5-15(13)17/h3-9H,10H2,1-2H3. The van der Waals surface area contributed by atoms with E-state index in [1.54, 1.807) is 42.5 Å². The Hall–Kier alpha value is -1.07. The number of halogens is 2. The highest BCUT2D eigenvalue weighted by Gasteiger charge is 2.22. The Morgan fingerprint density at radius 2 is 1.52 bits per heavy atom. The lowest BCUT2D eigenvalue weighted by molar-refractivity contribution is 0.467. The van der Waals surface area contributed by atoms with Crippen LogP contribution in [-0.4, -0.2) is 19.8 Å². The van der Waals surface area contributed by atoms with Crippen molar-refractivity contribution in [3.63, 3.8) is 0 Å². The Morgan fingerprint density at radius 3 is 2.05 bits per heavy atom. The summed E-state index contributed by atoms with van der Waals surface area (Å²) in [5, 5.41) is 0.905. The quantitative estimate of drug-likeness (QED) is 0.837. The van der Waals surface area contributed by atoms with Crippen LogP contribution in [0.1, 0.15) is 11.1 Å². The van der Waals surface area contributed by atoms with E-state index >= 15 is 0 Å². The summed E-state index contributed by atoms with van der Waals surface area (Å²) in [6.07, 6.45) is 0. The molecular weight excluding hydrogens is 329 g/mol. The number of benzene rings is 2. The molecule has 0 aliphatic carbocycles. The maximum absolute atomic E-state index is 12.5. The average molecular weight is 344 g/mol. The molecule has 0 fully saturated rings. The van der Waals surface area contributed by atoms with E-state index in [4.69, 9.17) is 23.2 Å². The molecule has 0 bridgehead atoms. The van der Waals surface area contributed by atoms with E-state index < -0.39 is 10.0 Å². The van der Waals surface area contributed by atoms with Crippen LogP contribution in [0.3, 0.4) is 0 Å². The van der Waals surface area contributed by atoms with Crippen molar-refractivity contribution in [2.75, 3.05) is 7.05 Å². The summed E-state index contributed by atoms with van der Waals surface area (Å²) >= 11 is 12.2. The van der Waals surface area contributed by atoms with Crippen LogP contribution >= 0.6 is 23.2 Å². The number of hydrogen-bond donors (Lipinski definition) is 0. The lowest BCUT2D eigenvalue weighted by Crippen LogP contribution is -2.26. The van der Waals surface area contributed by atoms with E-state index in [2.05, 4.69) is 0 Å². The van der Waals surface area contributed by atoms with E-state index in [-0.39, 0.29) is 11.4 Å². The molecule has 0 saturated heterocycles. The topological polar surface area (TPSA) is 37.4 Å². The van der Waals surface area contributed by atoms with Crippen molar-refractivity contribution in [1.82, 2.24) is 4.31 Å². The van der Waals surface area contributed by atoms with Crippen LogP contribution in [-0.2, 0) is 16.6 Å². The fourth-order valence-electron chi connectivity index (χ4n) is 1.88. The highest BCUT2D eigenvalue weighted by Crippen LogP contribution is 2.27. The van der Waals surface area contributed by atoms with Gasteiger partial charge in [-0.05, 0) is 31.2 Å². The van der Waals surface area contributed by atoms with Gasteiger partial charge in [-0.25, -0.2) is 8.42 Å². The first kappa shape index (κ1) is 16.3. The zero-order valence-corrected chi connectivity index (χ0v) is 14.0. The average Bonchev–Trinajstić information content (AvgIpc) is 2.43. The fourth-order valence-corrected chi connectivity index (χ4v) is 3.54. The third-order valence-corrected chi connectivity index (χ3v) is 5.70. The molecule has 0 spiro atoms. The lowest BCUT2D eigenvalue weighted by atomic mass is 10.2. The minimum atomic E-state index is -3.57. The second kappa shape index (κ2) is 6.36. The van der Waals surface area contributed by atoms with Crippen LogP contribution in [0.15, 0.2) is 47.4 Å². The smallest absolute Gasteiger partial charge is 0.207 e. The van der Waals surface area contributed by atoms with Crippen LogP contribution < -0.4 is 0 Å². The molecule has 0 N–H and O–H groups in total. The number of hydrogen-bond acceptors (Lipinski definition) is 2. The molecule has 2 aromatic carbocycles. The predicted octanol–water partition coefficient (Wildman–Crippen LogP) is 4.12. The second-order valence-corrected chi connectivity index (χ2v) is 7.63. The third-order valence-electron chi connectivity index (χ3n) is 3.17. The first-order valence-electron chi connectivity index (χ1n) is 6.28. The normalized spacial score (nSPS) is 11.9. The Labute approximate surface area is 135 Å². The number of aryl methyl sites for hydroxylation is 1. The largest absolute Gasteiger partial charge is 0.243 e. The van der Waals surface area contributed by atoms with Gasteiger partial charge in [-0.3, -0.25) is 0 Å². The summed E-state index contributed by atoms with van der Waals surface area (Å²) in [5.41, 5.74) is 1.60. The minimum absolute atomic E-state index is 0.120. The Bertz CT molecular complexity index is 723. The number of nitrogens with zero attached hydrogens (tertiary/aromatic N) is 1. The van der Waals surface area contributed by atoms with Crippen molar-refractivity contribution in [3.05, 3.63) is 63.6 Å². The Kier molecular flexibility index (Phi) is 4.94. The SMILES string of the molecule is Cc1ccc(S(=O)(=O)N(C)Cc2c(Cl)cccc2Cl)cc1. The molecule has 0 atom stereocenters. The highest BCUT2D eigenvalue weighted by atomic mass is 35.5. The molecule has 2 aromatic rings. The summed E-state index contributed by atoms with van der Waals surface area (Å²) in [5.74, 6) is 0. The first-order chi connectivity index (χ1) is 9.82. The molecule has 0 aromatic heterocycles. The molecule has 0 heterocycles. The molecule has 0 saturated carbocycles. The molecule has 2 rings (SSSR count). The van der Waals surface area contributed by atoms with Gasteiger partial charge < -0.3 is 0 Å². The fraction of sp³-hybridized carbons (Fsp3) is 0.200. The van der Waals surface area contributed by atoms with Crippen molar-refractivity contribution >= 4 is 33.2 Å². The Balaban J connectivity index is 2.31. The van der Waals surface area contributed by atoms with E-state index in [0.717, 1.165) is 5.56 Å². The molecule has 112 valence electrons. The number of rotatable bonds is 4.